The average molecular weight is 1050 g/mol. The highest BCUT2D eigenvalue weighted by Gasteiger charge is 2.69. The molecule has 1 amide bonds. The molecule has 75 heavy (non-hydrogen) atoms. The zero-order valence-electron chi connectivity index (χ0n) is 44.1. The smallest absolute Gasteiger partial charge is 0.507 e. The van der Waals surface area contributed by atoms with Crippen LogP contribution in [0.3, 0.4) is 0 Å². The Morgan fingerprint density at radius 1 is 0.920 bits per heavy atom. The van der Waals surface area contributed by atoms with Crippen LogP contribution in [-0.2, 0) is 33.6 Å². The maximum absolute atomic E-state index is 16.6. The number of amides is 1. The number of hydrogen-bond donors (Lipinski definition) is 1. The van der Waals surface area contributed by atoms with Gasteiger partial charge in [-0.15, -0.1) is 26.3 Å². The number of hydrogen-bond acceptors (Lipinski definition) is 13. The van der Waals surface area contributed by atoms with Gasteiger partial charge in [0, 0.05) is 48.3 Å². The van der Waals surface area contributed by atoms with Gasteiger partial charge >= 0.3 is 12.5 Å². The molecule has 400 valence electrons. The van der Waals surface area contributed by atoms with Crippen molar-refractivity contribution < 1.29 is 60.6 Å². The number of fused-ring (bicyclic) bond motifs is 7. The van der Waals surface area contributed by atoms with E-state index >= 15 is 22.8 Å². The molecule has 1 N–H and O–H groups in total. The van der Waals surface area contributed by atoms with Crippen LogP contribution in [0, 0.1) is 17.8 Å². The number of rotatable bonds is 14. The lowest BCUT2D eigenvalue weighted by atomic mass is 9.57. The summed E-state index contributed by atoms with van der Waals surface area (Å²) < 4.78 is 83.8. The minimum atomic E-state index is -5.26. The average Bonchev–Trinajstić information content (AvgIpc) is 3.94. The number of carbonyl (C=O) groups excluding carboxylic acids is 3. The van der Waals surface area contributed by atoms with Gasteiger partial charge in [0.15, 0.2) is 25.4 Å². The summed E-state index contributed by atoms with van der Waals surface area (Å²) in [5.74, 6) is -5.60. The highest BCUT2D eigenvalue weighted by molar-refractivity contribution is 6.74. The van der Waals surface area contributed by atoms with E-state index in [1.54, 1.807) is 57.2 Å². The van der Waals surface area contributed by atoms with E-state index in [4.69, 9.17) is 27.9 Å². The molecule has 18 heteroatoms. The van der Waals surface area contributed by atoms with Gasteiger partial charge in [-0.25, -0.2) is 4.79 Å². The van der Waals surface area contributed by atoms with Crippen LogP contribution in [0.25, 0.3) is 5.76 Å². The van der Waals surface area contributed by atoms with Crippen LogP contribution in [0.1, 0.15) is 110 Å². The van der Waals surface area contributed by atoms with Gasteiger partial charge in [0.2, 0.25) is 11.6 Å². The molecule has 0 bridgehead atoms. The summed E-state index contributed by atoms with van der Waals surface area (Å²) in [6.07, 6.45) is -2.58. The van der Waals surface area contributed by atoms with Crippen LogP contribution in [0.2, 0.25) is 18.1 Å². The third-order valence-electron chi connectivity index (χ3n) is 15.8. The van der Waals surface area contributed by atoms with Crippen molar-refractivity contribution in [2.24, 2.45) is 17.8 Å². The van der Waals surface area contributed by atoms with Gasteiger partial charge in [-0.05, 0) is 99.9 Å². The lowest BCUT2D eigenvalue weighted by molar-refractivity contribution is -0.275. The van der Waals surface area contributed by atoms with Crippen molar-refractivity contribution in [3.05, 3.63) is 131 Å². The van der Waals surface area contributed by atoms with E-state index in [-0.39, 0.29) is 103 Å². The molecule has 0 spiro atoms. The Bertz CT molecular complexity index is 2920. The largest absolute Gasteiger partial charge is 0.573 e. The molecule has 3 heterocycles. The summed E-state index contributed by atoms with van der Waals surface area (Å²) in [5.41, 5.74) is -2.66. The number of aromatic nitrogens is 1. The third kappa shape index (κ3) is 9.60. The van der Waals surface area contributed by atoms with Crippen LogP contribution in [-0.4, -0.2) is 96.8 Å². The number of Topliss-reactive ketones (excluding diaryl/α,β-unsaturated/α-hetero) is 2. The molecule has 9 rings (SSSR count). The van der Waals surface area contributed by atoms with E-state index in [0.717, 1.165) is 5.56 Å². The number of likely N-dealkylation sites (tertiary alicyclic amines) is 1. The molecule has 1 saturated carbocycles. The van der Waals surface area contributed by atoms with Crippen molar-refractivity contribution in [3.8, 4) is 17.4 Å². The molecule has 6 atom stereocenters. The van der Waals surface area contributed by atoms with E-state index < -0.39 is 84.0 Å². The number of ketones is 2. The van der Waals surface area contributed by atoms with Gasteiger partial charge in [0.25, 0.3) is 5.88 Å². The lowest BCUT2D eigenvalue weighted by Crippen LogP contribution is -2.68. The first-order chi connectivity index (χ1) is 35.3. The van der Waals surface area contributed by atoms with Gasteiger partial charge in [0.05, 0.1) is 17.3 Å². The molecule has 14 nitrogen and oxygen atoms in total. The number of benzene rings is 3. The first-order valence-corrected chi connectivity index (χ1v) is 28.4. The predicted octanol–water partition coefficient (Wildman–Crippen LogP) is 11.9. The van der Waals surface area contributed by atoms with E-state index in [9.17, 15) is 9.90 Å². The van der Waals surface area contributed by atoms with Crippen LogP contribution in [0.4, 0.5) is 23.7 Å². The van der Waals surface area contributed by atoms with Gasteiger partial charge in [-0.3, -0.25) is 24.3 Å². The highest BCUT2D eigenvalue weighted by atomic mass is 28.4. The maximum atomic E-state index is 16.6. The fourth-order valence-electron chi connectivity index (χ4n) is 11.6. The summed E-state index contributed by atoms with van der Waals surface area (Å²) in [5, 5.41) is 17.1. The van der Waals surface area contributed by atoms with Gasteiger partial charge in [0.1, 0.15) is 35.9 Å². The zero-order chi connectivity index (χ0) is 54.2. The van der Waals surface area contributed by atoms with Gasteiger partial charge < -0.3 is 33.0 Å². The van der Waals surface area contributed by atoms with Crippen molar-refractivity contribution in [1.82, 2.24) is 15.0 Å². The van der Waals surface area contributed by atoms with Gasteiger partial charge in [-0.2, -0.15) is 0 Å². The van der Waals surface area contributed by atoms with E-state index in [1.807, 2.05) is 87.1 Å². The van der Waals surface area contributed by atoms with E-state index in [2.05, 4.69) is 18.3 Å². The number of anilines is 1. The van der Waals surface area contributed by atoms with Crippen molar-refractivity contribution in [2.75, 3.05) is 38.1 Å². The Hall–Kier alpha value is -6.21. The predicted molar refractivity (Wildman–Crippen MR) is 278 cm³/mol. The number of ether oxygens (including phenoxy) is 4. The van der Waals surface area contributed by atoms with Crippen LogP contribution in [0.5, 0.6) is 17.4 Å². The standard InChI is InChI=1S/C57H67F3N4O10Si/c1-12-25-63(26-13-2)44-38-29-36-28-37-40(46(65)39(36)50(66)56(38,74-75(10,11)55(6,7)8)51(67)42-49(44)73-61-52(42)70-32-34-22-18-15-19-23-34)48(69-31-33-20-16-14-17-21-33)45-41(47(37)71-57(58,59)60)43-35(24-27-62(43)9)30-64(45)53(68)72-54(3,4)5/h12-23,35-36,38,43-44,65H,1-2,24-32H2,3-11H3/t35?,36-,38-,43?,44-,56-/m0/s1. The molecular weight excluding hydrogens is 986 g/mol. The molecule has 2 unspecified atom stereocenters. The Balaban J connectivity index is 1.35. The number of aliphatic hydroxyl groups is 1. The fraction of sp³-hybridized carbons (Fsp3) is 0.474. The molecule has 2 fully saturated rings. The van der Waals surface area contributed by atoms with Crippen LogP contribution in [0.15, 0.2) is 96.1 Å². The SMILES string of the molecule is C=CCN(CC=C)[C@@H]1c2onc(OCc3ccccc3)c2C(=O)[C@@]2(O[Si](C)(C)C(C)(C)C)C(=O)C3=C(O)c4c(c(OC(F)(F)F)c5c(c4OCc4ccccc4)N(C(=O)OC(C)(C)C)CC4CCN(C)C54)C[C@H]3C[C@@H]12. The van der Waals surface area contributed by atoms with Crippen molar-refractivity contribution in [2.45, 2.75) is 122 Å². The summed E-state index contributed by atoms with van der Waals surface area (Å²) in [6, 6.07) is 16.7. The number of aliphatic hydroxyl groups excluding tert-OH is 1. The van der Waals surface area contributed by atoms with Crippen molar-refractivity contribution >= 4 is 37.4 Å². The first kappa shape index (κ1) is 53.6. The minimum absolute atomic E-state index is 0.00479. The minimum Gasteiger partial charge on any atom is -0.507 e. The lowest BCUT2D eigenvalue weighted by Gasteiger charge is -2.55. The number of nitrogens with zero attached hydrogens (tertiary/aromatic N) is 4. The Kier molecular flexibility index (Phi) is 14.1. The summed E-state index contributed by atoms with van der Waals surface area (Å²) >= 11 is 0. The second kappa shape index (κ2) is 19.7. The quantitative estimate of drug-likeness (QED) is 0.0725. The fourth-order valence-corrected chi connectivity index (χ4v) is 13.1. The van der Waals surface area contributed by atoms with Gasteiger partial charge in [-0.1, -0.05) is 93.6 Å². The number of carbonyl (C=O) groups is 3. The monoisotopic (exact) mass is 1050 g/mol. The van der Waals surface area contributed by atoms with Crippen LogP contribution >= 0.6 is 0 Å². The highest BCUT2D eigenvalue weighted by Crippen LogP contribution is 2.63. The zero-order valence-corrected chi connectivity index (χ0v) is 45.1. The molecule has 2 aliphatic heterocycles. The molecule has 3 aliphatic carbocycles. The Morgan fingerprint density at radius 2 is 1.53 bits per heavy atom. The van der Waals surface area contributed by atoms with E-state index in [0.29, 0.717) is 18.5 Å². The van der Waals surface area contributed by atoms with Crippen molar-refractivity contribution in [3.63, 3.8) is 0 Å². The molecule has 5 aliphatic rings. The summed E-state index contributed by atoms with van der Waals surface area (Å²) in [4.78, 5) is 52.6. The van der Waals surface area contributed by atoms with Crippen molar-refractivity contribution in [1.29, 1.82) is 0 Å². The molecular formula is C57H67F3N4O10Si. The summed E-state index contributed by atoms with van der Waals surface area (Å²) in [6.45, 7) is 23.7. The van der Waals surface area contributed by atoms with Crippen LogP contribution < -0.4 is 19.1 Å². The second-order valence-electron chi connectivity index (χ2n) is 22.9. The molecule has 3 aromatic carbocycles. The van der Waals surface area contributed by atoms with E-state index in [1.165, 1.54) is 4.90 Å². The molecule has 1 saturated heterocycles. The first-order valence-electron chi connectivity index (χ1n) is 25.5. The molecule has 1 aromatic heterocycles. The normalized spacial score (nSPS) is 23.6. The topological polar surface area (TPSA) is 153 Å². The second-order valence-corrected chi connectivity index (χ2v) is 27.6. The molecule has 0 radical (unpaired) electrons. The Morgan fingerprint density at radius 3 is 2.11 bits per heavy atom. The molecule has 4 aromatic rings. The third-order valence-corrected chi connectivity index (χ3v) is 20.2. The maximum Gasteiger partial charge on any atom is 0.573 e. The Labute approximate surface area is 437 Å². The number of alkyl halides is 3. The summed E-state index contributed by atoms with van der Waals surface area (Å²) in [7, 11) is -1.43. The number of halogens is 3.